The Balaban J connectivity index is 2.23. The van der Waals surface area contributed by atoms with Crippen LogP contribution in [0.1, 0.15) is 36.3 Å². The molecular formula is C16H19BrFN3. The number of halogens is 2. The number of aryl methyl sites for hydroxylation is 1. The van der Waals surface area contributed by atoms with Crippen LogP contribution in [0.4, 0.5) is 4.39 Å². The van der Waals surface area contributed by atoms with Crippen LogP contribution in [0.15, 0.2) is 35.1 Å². The molecule has 21 heavy (non-hydrogen) atoms. The Bertz CT molecular complexity index is 587. The van der Waals surface area contributed by atoms with Crippen molar-refractivity contribution < 1.29 is 4.39 Å². The summed E-state index contributed by atoms with van der Waals surface area (Å²) in [6.07, 6.45) is 5.24. The van der Waals surface area contributed by atoms with E-state index in [2.05, 4.69) is 38.1 Å². The van der Waals surface area contributed by atoms with E-state index in [0.717, 1.165) is 34.4 Å². The van der Waals surface area contributed by atoms with Gasteiger partial charge in [0.15, 0.2) is 0 Å². The number of nitrogens with one attached hydrogen (secondary N) is 1. The van der Waals surface area contributed by atoms with Crippen LogP contribution in [0.25, 0.3) is 0 Å². The van der Waals surface area contributed by atoms with Crippen molar-refractivity contribution >= 4 is 15.9 Å². The van der Waals surface area contributed by atoms with E-state index in [-0.39, 0.29) is 11.9 Å². The van der Waals surface area contributed by atoms with Gasteiger partial charge in [-0.15, -0.1) is 0 Å². The van der Waals surface area contributed by atoms with E-state index in [1.165, 1.54) is 6.07 Å². The van der Waals surface area contributed by atoms with Crippen LogP contribution in [0, 0.1) is 12.7 Å². The first kappa shape index (κ1) is 16.0. The van der Waals surface area contributed by atoms with Crippen LogP contribution >= 0.6 is 15.9 Å². The molecule has 3 nitrogen and oxygen atoms in total. The van der Waals surface area contributed by atoms with E-state index in [4.69, 9.17) is 0 Å². The first-order valence-electron chi connectivity index (χ1n) is 7.06. The minimum atomic E-state index is -0.225. The van der Waals surface area contributed by atoms with Crippen LogP contribution in [0.3, 0.4) is 0 Å². The van der Waals surface area contributed by atoms with Gasteiger partial charge in [0.2, 0.25) is 0 Å². The van der Waals surface area contributed by atoms with Gasteiger partial charge in [0, 0.05) is 10.7 Å². The molecule has 0 spiro atoms. The third-order valence-electron chi connectivity index (χ3n) is 3.23. The molecule has 1 atom stereocenters. The van der Waals surface area contributed by atoms with Gasteiger partial charge in [-0.25, -0.2) is 4.39 Å². The van der Waals surface area contributed by atoms with Crippen molar-refractivity contribution in [2.24, 2.45) is 0 Å². The zero-order valence-corrected chi connectivity index (χ0v) is 13.8. The summed E-state index contributed by atoms with van der Waals surface area (Å²) in [5, 5.41) is 3.45. The second-order valence-electron chi connectivity index (χ2n) is 5.03. The quantitative estimate of drug-likeness (QED) is 0.855. The van der Waals surface area contributed by atoms with Crippen LogP contribution in [0.2, 0.25) is 0 Å². The Kier molecular flexibility index (Phi) is 5.82. The predicted molar refractivity (Wildman–Crippen MR) is 85.6 cm³/mol. The lowest BCUT2D eigenvalue weighted by molar-refractivity contribution is 0.513. The largest absolute Gasteiger partial charge is 0.308 e. The molecule has 0 aliphatic rings. The molecule has 1 aromatic carbocycles. The van der Waals surface area contributed by atoms with Crippen LogP contribution < -0.4 is 5.32 Å². The molecule has 0 aliphatic heterocycles. The summed E-state index contributed by atoms with van der Waals surface area (Å²) in [6.45, 7) is 4.91. The summed E-state index contributed by atoms with van der Waals surface area (Å²) >= 11 is 3.48. The number of nitrogens with zero attached hydrogens (tertiary/aromatic N) is 2. The molecule has 112 valence electrons. The van der Waals surface area contributed by atoms with Crippen molar-refractivity contribution in [1.82, 2.24) is 15.3 Å². The molecule has 0 fully saturated rings. The molecule has 1 unspecified atom stereocenters. The normalized spacial score (nSPS) is 12.4. The second kappa shape index (κ2) is 7.61. The number of hydrogen-bond donors (Lipinski definition) is 1. The van der Waals surface area contributed by atoms with E-state index < -0.39 is 0 Å². The second-order valence-corrected chi connectivity index (χ2v) is 5.88. The summed E-state index contributed by atoms with van der Waals surface area (Å²) in [6, 6.07) is 4.78. The zero-order chi connectivity index (χ0) is 15.2. The molecule has 0 saturated carbocycles. The van der Waals surface area contributed by atoms with E-state index >= 15 is 0 Å². The van der Waals surface area contributed by atoms with E-state index in [9.17, 15) is 4.39 Å². The Morgan fingerprint density at radius 1 is 1.29 bits per heavy atom. The van der Waals surface area contributed by atoms with E-state index in [1.807, 2.05) is 6.92 Å². The minimum Gasteiger partial charge on any atom is -0.308 e. The molecule has 0 aliphatic carbocycles. The van der Waals surface area contributed by atoms with Gasteiger partial charge in [-0.2, -0.15) is 0 Å². The fraction of sp³-hybridized carbons (Fsp3) is 0.375. The predicted octanol–water partition coefficient (Wildman–Crippen LogP) is 3.97. The molecule has 0 bridgehead atoms. The lowest BCUT2D eigenvalue weighted by Gasteiger charge is -2.18. The number of benzene rings is 1. The standard InChI is InChI=1S/C16H19BrFN3/c1-3-6-19-15(16-10-20-11(2)9-21-16)8-12-7-13(18)4-5-14(12)17/h4-5,7,9-10,15,19H,3,6,8H2,1-2H3. The average molecular weight is 352 g/mol. The fourth-order valence-electron chi connectivity index (χ4n) is 2.10. The van der Waals surface area contributed by atoms with Gasteiger partial charge in [0.1, 0.15) is 5.82 Å². The van der Waals surface area contributed by atoms with Gasteiger partial charge in [0.05, 0.1) is 23.6 Å². The van der Waals surface area contributed by atoms with Crippen molar-refractivity contribution in [2.75, 3.05) is 6.54 Å². The average Bonchev–Trinajstić information content (AvgIpc) is 2.48. The number of rotatable bonds is 6. The maximum atomic E-state index is 13.4. The summed E-state index contributed by atoms with van der Waals surface area (Å²) in [5.41, 5.74) is 2.69. The molecule has 1 heterocycles. The van der Waals surface area contributed by atoms with Crippen molar-refractivity contribution in [3.63, 3.8) is 0 Å². The number of aromatic nitrogens is 2. The number of hydrogen-bond acceptors (Lipinski definition) is 3. The van der Waals surface area contributed by atoms with Gasteiger partial charge in [0.25, 0.3) is 0 Å². The first-order chi connectivity index (χ1) is 10.1. The van der Waals surface area contributed by atoms with E-state index in [0.29, 0.717) is 6.42 Å². The first-order valence-corrected chi connectivity index (χ1v) is 7.85. The molecule has 5 heteroatoms. The molecule has 0 saturated heterocycles. The van der Waals surface area contributed by atoms with Crippen molar-refractivity contribution in [1.29, 1.82) is 0 Å². The Morgan fingerprint density at radius 2 is 2.10 bits per heavy atom. The zero-order valence-electron chi connectivity index (χ0n) is 12.2. The summed E-state index contributed by atoms with van der Waals surface area (Å²) in [7, 11) is 0. The van der Waals surface area contributed by atoms with E-state index in [1.54, 1.807) is 24.5 Å². The van der Waals surface area contributed by atoms with Crippen LogP contribution in [-0.2, 0) is 6.42 Å². The van der Waals surface area contributed by atoms with Crippen molar-refractivity contribution in [3.8, 4) is 0 Å². The lowest BCUT2D eigenvalue weighted by atomic mass is 10.0. The molecule has 0 amide bonds. The highest BCUT2D eigenvalue weighted by molar-refractivity contribution is 9.10. The Hall–Kier alpha value is -1.33. The summed E-state index contributed by atoms with van der Waals surface area (Å²) < 4.78 is 14.3. The minimum absolute atomic E-state index is 0.0242. The third kappa shape index (κ3) is 4.58. The summed E-state index contributed by atoms with van der Waals surface area (Å²) in [5.74, 6) is -0.225. The smallest absolute Gasteiger partial charge is 0.123 e. The highest BCUT2D eigenvalue weighted by atomic mass is 79.9. The maximum absolute atomic E-state index is 13.4. The third-order valence-corrected chi connectivity index (χ3v) is 4.00. The van der Waals surface area contributed by atoms with Gasteiger partial charge in [-0.1, -0.05) is 22.9 Å². The van der Waals surface area contributed by atoms with Gasteiger partial charge >= 0.3 is 0 Å². The van der Waals surface area contributed by atoms with Crippen LogP contribution in [0.5, 0.6) is 0 Å². The van der Waals surface area contributed by atoms with Crippen molar-refractivity contribution in [2.45, 2.75) is 32.7 Å². The molecule has 2 rings (SSSR count). The SMILES string of the molecule is CCCNC(Cc1cc(F)ccc1Br)c1cnc(C)cn1. The molecule has 1 aromatic heterocycles. The fourth-order valence-corrected chi connectivity index (χ4v) is 2.51. The van der Waals surface area contributed by atoms with Crippen LogP contribution in [-0.4, -0.2) is 16.5 Å². The maximum Gasteiger partial charge on any atom is 0.123 e. The van der Waals surface area contributed by atoms with Crippen molar-refractivity contribution in [3.05, 3.63) is 57.8 Å². The molecular weight excluding hydrogens is 333 g/mol. The Labute approximate surface area is 133 Å². The van der Waals surface area contributed by atoms with Gasteiger partial charge in [-0.3, -0.25) is 9.97 Å². The monoisotopic (exact) mass is 351 g/mol. The van der Waals surface area contributed by atoms with Gasteiger partial charge < -0.3 is 5.32 Å². The molecule has 1 N–H and O–H groups in total. The highest BCUT2D eigenvalue weighted by Gasteiger charge is 2.15. The topological polar surface area (TPSA) is 37.8 Å². The lowest BCUT2D eigenvalue weighted by Crippen LogP contribution is -2.25. The summed E-state index contributed by atoms with van der Waals surface area (Å²) in [4.78, 5) is 8.75. The molecule has 2 aromatic rings. The van der Waals surface area contributed by atoms with Gasteiger partial charge in [-0.05, 0) is 50.1 Å². The molecule has 0 radical (unpaired) electrons. The highest BCUT2D eigenvalue weighted by Crippen LogP contribution is 2.24. The Morgan fingerprint density at radius 3 is 2.76 bits per heavy atom.